The van der Waals surface area contributed by atoms with Crippen LogP contribution < -0.4 is 10.9 Å². The van der Waals surface area contributed by atoms with E-state index in [1.807, 2.05) is 31.2 Å². The van der Waals surface area contributed by atoms with Crippen molar-refractivity contribution >= 4 is 21.7 Å². The van der Waals surface area contributed by atoms with Gasteiger partial charge in [-0.1, -0.05) is 42.7 Å². The molecule has 2 fully saturated rings. The minimum atomic E-state index is -3.30. The van der Waals surface area contributed by atoms with Gasteiger partial charge in [-0.25, -0.2) is 8.42 Å². The highest BCUT2D eigenvalue weighted by Crippen LogP contribution is 2.48. The predicted octanol–water partition coefficient (Wildman–Crippen LogP) is 2.43. The Labute approximate surface area is 205 Å². The molecule has 0 radical (unpaired) electrons. The van der Waals surface area contributed by atoms with Crippen LogP contribution in [0.3, 0.4) is 0 Å². The Hall–Kier alpha value is -2.94. The Morgan fingerprint density at radius 2 is 1.71 bits per heavy atom. The fourth-order valence-electron chi connectivity index (χ4n) is 5.35. The van der Waals surface area contributed by atoms with Crippen LogP contribution in [0.5, 0.6) is 0 Å². The van der Waals surface area contributed by atoms with Crippen LogP contribution in [0.4, 0.5) is 0 Å². The maximum Gasteiger partial charge on any atom is 0.270 e. The van der Waals surface area contributed by atoms with Gasteiger partial charge in [-0.2, -0.15) is 0 Å². The first-order valence-corrected chi connectivity index (χ1v) is 13.9. The van der Waals surface area contributed by atoms with Gasteiger partial charge in [0.05, 0.1) is 10.00 Å². The predicted molar refractivity (Wildman–Crippen MR) is 132 cm³/mol. The van der Waals surface area contributed by atoms with Crippen LogP contribution in [0.2, 0.25) is 0 Å². The number of fused-ring (bicyclic) bond motifs is 1. The Morgan fingerprint density at radius 3 is 2.37 bits per heavy atom. The minimum absolute atomic E-state index is 0.00964. The number of aryl methyl sites for hydroxylation is 1. The van der Waals surface area contributed by atoms with Gasteiger partial charge in [0.15, 0.2) is 9.84 Å². The lowest BCUT2D eigenvalue weighted by molar-refractivity contribution is 0.0694. The van der Waals surface area contributed by atoms with Crippen LogP contribution in [-0.2, 0) is 22.9 Å². The summed E-state index contributed by atoms with van der Waals surface area (Å²) in [6.45, 7) is 2.95. The van der Waals surface area contributed by atoms with Crippen molar-refractivity contribution in [2.75, 3.05) is 13.1 Å². The van der Waals surface area contributed by atoms with E-state index in [1.54, 1.807) is 4.90 Å². The van der Waals surface area contributed by atoms with Gasteiger partial charge < -0.3 is 14.8 Å². The number of hydrogen-bond acceptors (Lipinski definition) is 5. The molecule has 0 atom stereocenters. The van der Waals surface area contributed by atoms with Crippen molar-refractivity contribution in [1.29, 1.82) is 0 Å². The number of carbonyl (C=O) groups excluding carboxylic acids is 2. The Balaban J connectivity index is 1.30. The molecule has 1 N–H and O–H groups in total. The molecule has 35 heavy (non-hydrogen) atoms. The third kappa shape index (κ3) is 4.30. The highest BCUT2D eigenvalue weighted by Gasteiger charge is 2.58. The molecular weight excluding hydrogens is 466 g/mol. The molecule has 0 spiro atoms. The number of aromatic nitrogens is 1. The monoisotopic (exact) mass is 497 g/mol. The standard InChI is InChI=1S/C26H31N3O5S/c1-18-6-8-19(9-7-18)16-27-23(30)21-10-11-22-25(32)28(14-15-29(22)24(21)31)17-26(12-13-26)35(33,34)20-4-2-3-5-20/h6-11,20H,2-5,12-17H2,1H3,(H,27,30). The molecule has 5 rings (SSSR count). The largest absolute Gasteiger partial charge is 0.348 e. The quantitative estimate of drug-likeness (QED) is 0.633. The number of hydrogen-bond donors (Lipinski definition) is 1. The van der Waals surface area contributed by atoms with Crippen LogP contribution in [0, 0.1) is 6.92 Å². The summed E-state index contributed by atoms with van der Waals surface area (Å²) in [5, 5.41) is 2.48. The highest BCUT2D eigenvalue weighted by atomic mass is 32.2. The molecule has 3 aliphatic rings. The normalized spacial score (nSPS) is 19.5. The molecule has 2 amide bonds. The van der Waals surface area contributed by atoms with Crippen LogP contribution >= 0.6 is 0 Å². The first-order chi connectivity index (χ1) is 16.7. The summed E-state index contributed by atoms with van der Waals surface area (Å²) in [6.07, 6.45) is 4.49. The van der Waals surface area contributed by atoms with E-state index in [9.17, 15) is 22.8 Å². The minimum Gasteiger partial charge on any atom is -0.348 e. The number of sulfone groups is 1. The molecule has 2 heterocycles. The molecule has 9 heteroatoms. The van der Waals surface area contributed by atoms with E-state index in [1.165, 1.54) is 16.7 Å². The molecule has 1 aromatic carbocycles. The van der Waals surface area contributed by atoms with Crippen LogP contribution in [0.1, 0.15) is 70.5 Å². The lowest BCUT2D eigenvalue weighted by atomic mass is 10.1. The molecule has 8 nitrogen and oxygen atoms in total. The van der Waals surface area contributed by atoms with E-state index in [2.05, 4.69) is 5.32 Å². The molecule has 0 unspecified atom stereocenters. The fraction of sp³-hybridized carbons (Fsp3) is 0.500. The summed E-state index contributed by atoms with van der Waals surface area (Å²) in [5.41, 5.74) is 1.73. The molecule has 1 aromatic heterocycles. The summed E-state index contributed by atoms with van der Waals surface area (Å²) in [6, 6.07) is 10.6. The van der Waals surface area contributed by atoms with Gasteiger partial charge in [-0.3, -0.25) is 14.4 Å². The van der Waals surface area contributed by atoms with Crippen molar-refractivity contribution in [2.45, 2.75) is 68.5 Å². The number of benzene rings is 1. The smallest absolute Gasteiger partial charge is 0.270 e. The van der Waals surface area contributed by atoms with Crippen molar-refractivity contribution in [3.8, 4) is 0 Å². The second-order valence-corrected chi connectivity index (χ2v) is 12.7. The van der Waals surface area contributed by atoms with Crippen molar-refractivity contribution in [3.05, 3.63) is 69.1 Å². The molecule has 1 aliphatic heterocycles. The topological polar surface area (TPSA) is 106 Å². The number of pyridine rings is 1. The third-order valence-corrected chi connectivity index (χ3v) is 10.8. The Kier molecular flexibility index (Phi) is 6.07. The van der Waals surface area contributed by atoms with Crippen molar-refractivity contribution in [2.24, 2.45) is 0 Å². The summed E-state index contributed by atoms with van der Waals surface area (Å²) >= 11 is 0. The zero-order valence-corrected chi connectivity index (χ0v) is 20.8. The van der Waals surface area contributed by atoms with Gasteiger partial charge in [-0.15, -0.1) is 0 Å². The zero-order valence-electron chi connectivity index (χ0n) is 20.0. The molecular formula is C26H31N3O5S. The number of nitrogens with zero attached hydrogens (tertiary/aromatic N) is 2. The Morgan fingerprint density at radius 1 is 1.03 bits per heavy atom. The molecule has 2 aliphatic carbocycles. The molecule has 0 bridgehead atoms. The van der Waals surface area contributed by atoms with E-state index < -0.39 is 26.1 Å². The van der Waals surface area contributed by atoms with E-state index in [4.69, 9.17) is 0 Å². The SMILES string of the molecule is Cc1ccc(CNC(=O)c2ccc3n(c2=O)CCN(CC2(S(=O)(=O)C4CCCC4)CC2)C3=O)cc1. The van der Waals surface area contributed by atoms with E-state index in [-0.39, 0.29) is 42.0 Å². The first-order valence-electron chi connectivity index (χ1n) is 12.3. The van der Waals surface area contributed by atoms with Crippen molar-refractivity contribution < 1.29 is 18.0 Å². The number of carbonyl (C=O) groups is 2. The van der Waals surface area contributed by atoms with Gasteiger partial charge in [0, 0.05) is 26.2 Å². The van der Waals surface area contributed by atoms with E-state index in [0.29, 0.717) is 32.2 Å². The lowest BCUT2D eigenvalue weighted by Crippen LogP contribution is -2.50. The van der Waals surface area contributed by atoms with Gasteiger partial charge in [0.1, 0.15) is 11.3 Å². The molecule has 2 aromatic rings. The van der Waals surface area contributed by atoms with Crippen LogP contribution in [0.15, 0.2) is 41.2 Å². The van der Waals surface area contributed by atoms with E-state index in [0.717, 1.165) is 24.0 Å². The number of nitrogens with one attached hydrogen (secondary N) is 1. The second-order valence-electron chi connectivity index (χ2n) is 10.1. The van der Waals surface area contributed by atoms with Crippen molar-refractivity contribution in [3.63, 3.8) is 0 Å². The summed E-state index contributed by atoms with van der Waals surface area (Å²) in [4.78, 5) is 40.5. The van der Waals surface area contributed by atoms with Crippen LogP contribution in [-0.4, -0.2) is 52.8 Å². The average Bonchev–Trinajstić information content (AvgIpc) is 3.42. The maximum absolute atomic E-state index is 13.3. The van der Waals surface area contributed by atoms with Gasteiger partial charge >= 0.3 is 0 Å². The summed E-state index contributed by atoms with van der Waals surface area (Å²) in [7, 11) is -3.30. The molecule has 186 valence electrons. The lowest BCUT2D eigenvalue weighted by Gasteiger charge is -2.33. The van der Waals surface area contributed by atoms with Crippen LogP contribution in [0.25, 0.3) is 0 Å². The fourth-order valence-corrected chi connectivity index (χ4v) is 8.02. The highest BCUT2D eigenvalue weighted by molar-refractivity contribution is 7.93. The average molecular weight is 498 g/mol. The number of amides is 2. The zero-order chi connectivity index (χ0) is 24.8. The first kappa shape index (κ1) is 23.8. The molecule has 0 saturated heterocycles. The van der Waals surface area contributed by atoms with Gasteiger partial charge in [-0.05, 0) is 50.3 Å². The Bertz CT molecular complexity index is 1320. The summed E-state index contributed by atoms with van der Waals surface area (Å²) < 4.78 is 27.0. The maximum atomic E-state index is 13.3. The third-order valence-electron chi connectivity index (χ3n) is 7.72. The van der Waals surface area contributed by atoms with Gasteiger partial charge in [0.25, 0.3) is 17.4 Å². The van der Waals surface area contributed by atoms with Crippen molar-refractivity contribution in [1.82, 2.24) is 14.8 Å². The summed E-state index contributed by atoms with van der Waals surface area (Å²) in [5.74, 6) is -0.840. The van der Waals surface area contributed by atoms with Gasteiger partial charge in [0.2, 0.25) is 0 Å². The number of rotatable bonds is 7. The molecule has 2 saturated carbocycles. The second kappa shape index (κ2) is 8.93. The van der Waals surface area contributed by atoms with E-state index >= 15 is 0 Å².